The Kier molecular flexibility index (Phi) is 5.81. The van der Waals surface area contributed by atoms with Crippen LogP contribution >= 0.6 is 0 Å². The molecule has 0 saturated heterocycles. The number of methoxy groups -OCH3 is 1. The molecule has 0 aliphatic heterocycles. The molecule has 0 radical (unpaired) electrons. The molecule has 0 spiro atoms. The van der Waals surface area contributed by atoms with Crippen molar-refractivity contribution in [2.75, 3.05) is 12.4 Å². The first-order chi connectivity index (χ1) is 13.6. The fourth-order valence-electron chi connectivity index (χ4n) is 2.69. The van der Waals surface area contributed by atoms with Gasteiger partial charge >= 0.3 is 0 Å². The molecule has 0 aliphatic rings. The van der Waals surface area contributed by atoms with Gasteiger partial charge < -0.3 is 10.1 Å². The number of amides is 1. The minimum absolute atomic E-state index is 0.0330. The Morgan fingerprint density at radius 2 is 1.75 bits per heavy atom. The Morgan fingerprint density at radius 1 is 1.00 bits per heavy atom. The van der Waals surface area contributed by atoms with Crippen LogP contribution in [0.3, 0.4) is 0 Å². The molecule has 0 bridgehead atoms. The minimum atomic E-state index is -0.462. The van der Waals surface area contributed by atoms with E-state index in [1.165, 1.54) is 12.1 Å². The summed E-state index contributed by atoms with van der Waals surface area (Å²) in [7, 11) is 1.55. The van der Waals surface area contributed by atoms with E-state index in [1.807, 2.05) is 30.3 Å². The van der Waals surface area contributed by atoms with Gasteiger partial charge in [-0.3, -0.25) is 14.9 Å². The van der Waals surface area contributed by atoms with E-state index in [0.29, 0.717) is 28.1 Å². The summed E-state index contributed by atoms with van der Waals surface area (Å²) in [6, 6.07) is 22.3. The van der Waals surface area contributed by atoms with Gasteiger partial charge in [0.2, 0.25) is 0 Å². The lowest BCUT2D eigenvalue weighted by atomic mass is 10.0. The zero-order valence-corrected chi connectivity index (χ0v) is 15.2. The lowest BCUT2D eigenvalue weighted by Crippen LogP contribution is -2.13. The fourth-order valence-corrected chi connectivity index (χ4v) is 2.69. The second-order valence-electron chi connectivity index (χ2n) is 5.96. The first-order valence-electron chi connectivity index (χ1n) is 8.54. The standard InChI is InChI=1S/C22H18N2O4/c1-28-20-12-6-10-18(15-20)23-22(25)21(17-8-3-2-4-9-17)14-16-7-5-11-19(13-16)24(26)27/h2-15H,1H3,(H,23,25)/b21-14+. The number of benzene rings is 3. The quantitative estimate of drug-likeness (QED) is 0.291. The van der Waals surface area contributed by atoms with Gasteiger partial charge in [0.05, 0.1) is 12.0 Å². The average molecular weight is 374 g/mol. The number of carbonyl (C=O) groups excluding carboxylic acids is 1. The van der Waals surface area contributed by atoms with E-state index < -0.39 is 4.92 Å². The molecule has 0 atom stereocenters. The van der Waals surface area contributed by atoms with Gasteiger partial charge in [0.1, 0.15) is 5.75 Å². The Bertz CT molecular complexity index is 1030. The summed E-state index contributed by atoms with van der Waals surface area (Å²) in [6.45, 7) is 0. The van der Waals surface area contributed by atoms with Crippen molar-refractivity contribution in [1.29, 1.82) is 0 Å². The van der Waals surface area contributed by atoms with Crippen molar-refractivity contribution in [1.82, 2.24) is 0 Å². The van der Waals surface area contributed by atoms with E-state index >= 15 is 0 Å². The maximum atomic E-state index is 13.0. The summed E-state index contributed by atoms with van der Waals surface area (Å²) in [6.07, 6.45) is 1.64. The Morgan fingerprint density at radius 3 is 2.46 bits per heavy atom. The van der Waals surface area contributed by atoms with Crippen LogP contribution in [0.15, 0.2) is 78.9 Å². The Balaban J connectivity index is 1.98. The van der Waals surface area contributed by atoms with E-state index in [0.717, 1.165) is 0 Å². The molecule has 140 valence electrons. The van der Waals surface area contributed by atoms with Crippen molar-refractivity contribution in [2.45, 2.75) is 0 Å². The van der Waals surface area contributed by atoms with Crippen LogP contribution in [0, 0.1) is 10.1 Å². The van der Waals surface area contributed by atoms with Gasteiger partial charge in [-0.1, -0.05) is 48.5 Å². The zero-order chi connectivity index (χ0) is 19.9. The van der Waals surface area contributed by atoms with Gasteiger partial charge in [0.15, 0.2) is 0 Å². The highest BCUT2D eigenvalue weighted by molar-refractivity contribution is 6.29. The number of nitrogens with one attached hydrogen (secondary N) is 1. The van der Waals surface area contributed by atoms with Gasteiger partial charge in [-0.05, 0) is 29.3 Å². The van der Waals surface area contributed by atoms with Gasteiger partial charge in [-0.25, -0.2) is 0 Å². The molecule has 0 aromatic heterocycles. The number of hydrogen-bond acceptors (Lipinski definition) is 4. The third kappa shape index (κ3) is 4.62. The van der Waals surface area contributed by atoms with Gasteiger partial charge in [0, 0.05) is 29.5 Å². The number of hydrogen-bond donors (Lipinski definition) is 1. The summed E-state index contributed by atoms with van der Waals surface area (Å²) in [5.41, 5.74) is 2.21. The summed E-state index contributed by atoms with van der Waals surface area (Å²) >= 11 is 0. The van der Waals surface area contributed by atoms with Gasteiger partial charge in [-0.2, -0.15) is 0 Å². The summed E-state index contributed by atoms with van der Waals surface area (Å²) in [5.74, 6) is 0.299. The molecule has 3 aromatic carbocycles. The molecule has 1 amide bonds. The number of non-ortho nitro benzene ring substituents is 1. The zero-order valence-electron chi connectivity index (χ0n) is 15.2. The van der Waals surface area contributed by atoms with Crippen molar-refractivity contribution in [3.63, 3.8) is 0 Å². The largest absolute Gasteiger partial charge is 0.497 e. The second-order valence-corrected chi connectivity index (χ2v) is 5.96. The van der Waals surface area contributed by atoms with E-state index in [1.54, 1.807) is 49.6 Å². The highest BCUT2D eigenvalue weighted by atomic mass is 16.6. The van der Waals surface area contributed by atoms with Crippen LogP contribution in [-0.4, -0.2) is 17.9 Å². The normalized spacial score (nSPS) is 11.0. The molecule has 6 heteroatoms. The van der Waals surface area contributed by atoms with E-state index in [4.69, 9.17) is 4.74 Å². The maximum absolute atomic E-state index is 13.0. The Labute approximate surface area is 162 Å². The molecular weight excluding hydrogens is 356 g/mol. The van der Waals surface area contributed by atoms with Crippen molar-refractivity contribution in [2.24, 2.45) is 0 Å². The van der Waals surface area contributed by atoms with Crippen molar-refractivity contribution < 1.29 is 14.5 Å². The molecule has 6 nitrogen and oxygen atoms in total. The number of nitro benzene ring substituents is 1. The number of nitrogens with zero attached hydrogens (tertiary/aromatic N) is 1. The van der Waals surface area contributed by atoms with Crippen molar-refractivity contribution >= 4 is 28.9 Å². The fraction of sp³-hybridized carbons (Fsp3) is 0.0455. The summed E-state index contributed by atoms with van der Waals surface area (Å²) in [5, 5.41) is 13.9. The predicted octanol–water partition coefficient (Wildman–Crippen LogP) is 4.78. The first-order valence-corrected chi connectivity index (χ1v) is 8.54. The summed E-state index contributed by atoms with van der Waals surface area (Å²) in [4.78, 5) is 23.6. The van der Waals surface area contributed by atoms with Crippen LogP contribution in [0.4, 0.5) is 11.4 Å². The van der Waals surface area contributed by atoms with Crippen molar-refractivity contribution in [3.8, 4) is 5.75 Å². The highest BCUT2D eigenvalue weighted by Crippen LogP contribution is 2.24. The molecule has 28 heavy (non-hydrogen) atoms. The number of ether oxygens (including phenoxy) is 1. The van der Waals surface area contributed by atoms with E-state index in [9.17, 15) is 14.9 Å². The molecule has 3 rings (SSSR count). The van der Waals surface area contributed by atoms with E-state index in [2.05, 4.69) is 5.32 Å². The third-order valence-corrected chi connectivity index (χ3v) is 4.05. The lowest BCUT2D eigenvalue weighted by molar-refractivity contribution is -0.384. The number of anilines is 1. The Hall–Kier alpha value is -3.93. The van der Waals surface area contributed by atoms with Crippen LogP contribution in [0.5, 0.6) is 5.75 Å². The number of nitro groups is 1. The van der Waals surface area contributed by atoms with Crippen LogP contribution in [0.1, 0.15) is 11.1 Å². The van der Waals surface area contributed by atoms with Crippen LogP contribution in [-0.2, 0) is 4.79 Å². The molecule has 1 N–H and O–H groups in total. The van der Waals surface area contributed by atoms with Crippen molar-refractivity contribution in [3.05, 3.63) is 100 Å². The highest BCUT2D eigenvalue weighted by Gasteiger charge is 2.14. The maximum Gasteiger partial charge on any atom is 0.270 e. The predicted molar refractivity (Wildman–Crippen MR) is 109 cm³/mol. The number of carbonyl (C=O) groups is 1. The third-order valence-electron chi connectivity index (χ3n) is 4.05. The molecule has 0 fully saturated rings. The van der Waals surface area contributed by atoms with E-state index in [-0.39, 0.29) is 11.6 Å². The minimum Gasteiger partial charge on any atom is -0.497 e. The smallest absolute Gasteiger partial charge is 0.270 e. The molecule has 0 saturated carbocycles. The van der Waals surface area contributed by atoms with Gasteiger partial charge in [0.25, 0.3) is 11.6 Å². The summed E-state index contributed by atoms with van der Waals surface area (Å²) < 4.78 is 5.18. The molecule has 0 heterocycles. The molecule has 0 aliphatic carbocycles. The van der Waals surface area contributed by atoms with Crippen LogP contribution in [0.25, 0.3) is 11.6 Å². The lowest BCUT2D eigenvalue weighted by Gasteiger charge is -2.11. The van der Waals surface area contributed by atoms with Crippen LogP contribution in [0.2, 0.25) is 0 Å². The molecule has 0 unspecified atom stereocenters. The topological polar surface area (TPSA) is 81.5 Å². The molecule has 3 aromatic rings. The van der Waals surface area contributed by atoms with Gasteiger partial charge in [-0.15, -0.1) is 0 Å². The average Bonchev–Trinajstić information content (AvgIpc) is 2.73. The second kappa shape index (κ2) is 8.64. The molecular formula is C22H18N2O4. The SMILES string of the molecule is COc1cccc(NC(=O)/C(=C/c2cccc([N+](=O)[O-])c2)c2ccccc2)c1. The van der Waals surface area contributed by atoms with Crippen LogP contribution < -0.4 is 10.1 Å². The number of rotatable bonds is 6. The monoisotopic (exact) mass is 374 g/mol. The first kappa shape index (κ1) is 18.8.